The zero-order chi connectivity index (χ0) is 18.6. The molecule has 25 heavy (non-hydrogen) atoms. The van der Waals surface area contributed by atoms with E-state index in [9.17, 15) is 35.2 Å². The summed E-state index contributed by atoms with van der Waals surface area (Å²) in [4.78, 5) is 32.7. The summed E-state index contributed by atoms with van der Waals surface area (Å²) in [5, 5.41) is 43.8. The highest BCUT2D eigenvalue weighted by Gasteiger charge is 2.43. The third-order valence-corrected chi connectivity index (χ3v) is 3.79. The Morgan fingerprint density at radius 1 is 1.32 bits per heavy atom. The molecule has 0 saturated heterocycles. The molecule has 0 aromatic heterocycles. The second kappa shape index (κ2) is 7.09. The second-order valence-electron chi connectivity index (χ2n) is 5.48. The first-order valence-electron chi connectivity index (χ1n) is 7.21. The first-order valence-corrected chi connectivity index (χ1v) is 7.21. The van der Waals surface area contributed by atoms with Gasteiger partial charge < -0.3 is 10.2 Å². The minimum absolute atomic E-state index is 0.0385. The van der Waals surface area contributed by atoms with E-state index in [4.69, 9.17) is 0 Å². The highest BCUT2D eigenvalue weighted by molar-refractivity contribution is 5.74. The Bertz CT molecular complexity index is 774. The Hall–Kier alpha value is -3.27. The second-order valence-corrected chi connectivity index (χ2v) is 5.48. The van der Waals surface area contributed by atoms with Gasteiger partial charge in [0.05, 0.1) is 17.4 Å². The summed E-state index contributed by atoms with van der Waals surface area (Å²) < 4.78 is 0. The number of nitro benzene ring substituents is 1. The molecule has 0 amide bonds. The molecule has 0 saturated carbocycles. The van der Waals surface area contributed by atoms with Gasteiger partial charge in [-0.15, -0.1) is 0 Å². The predicted octanol–water partition coefficient (Wildman–Crippen LogP) is 1.37. The third kappa shape index (κ3) is 3.98. The molecule has 0 radical (unpaired) electrons. The highest BCUT2D eigenvalue weighted by Crippen LogP contribution is 2.26. The molecule has 2 rings (SSSR count). The fourth-order valence-electron chi connectivity index (χ4n) is 2.52. The largest absolute Gasteiger partial charge is 0.508 e. The maximum absolute atomic E-state index is 11.5. The van der Waals surface area contributed by atoms with Crippen molar-refractivity contribution >= 4 is 11.7 Å². The maximum atomic E-state index is 11.5. The summed E-state index contributed by atoms with van der Waals surface area (Å²) in [7, 11) is 0. The number of nitrogens with zero attached hydrogens (tertiary/aromatic N) is 2. The van der Waals surface area contributed by atoms with Gasteiger partial charge in [0.25, 0.3) is 11.4 Å². The van der Waals surface area contributed by atoms with Crippen LogP contribution in [0, 0.1) is 20.2 Å². The number of carboxylic acids is 1. The first-order chi connectivity index (χ1) is 11.7. The lowest BCUT2D eigenvalue weighted by Gasteiger charge is -2.27. The standard InChI is InChI=1S/C15H15N3O7/c19-11-5-4-10(13(9-11)17(22)23)8-12(14(20)21)16-15(18(24)25)6-2-1-3-7-15/h1-6,9,12,16,19H,7-8H2,(H,20,21)/t12-,15?/m0/s1. The van der Waals surface area contributed by atoms with Crippen molar-refractivity contribution in [2.45, 2.75) is 24.5 Å². The molecule has 0 fully saturated rings. The number of allylic oxidation sites excluding steroid dienone is 2. The monoisotopic (exact) mass is 349 g/mol. The molecule has 1 aromatic carbocycles. The van der Waals surface area contributed by atoms with E-state index in [-0.39, 0.29) is 24.2 Å². The normalized spacial score (nSPS) is 20.2. The van der Waals surface area contributed by atoms with Crippen LogP contribution in [0.3, 0.4) is 0 Å². The number of rotatable bonds is 7. The Labute approximate surface area is 141 Å². The Balaban J connectivity index is 2.32. The van der Waals surface area contributed by atoms with Crippen molar-refractivity contribution in [2.75, 3.05) is 0 Å². The maximum Gasteiger partial charge on any atom is 0.321 e. The van der Waals surface area contributed by atoms with Gasteiger partial charge >= 0.3 is 5.97 Å². The number of carboxylic acid groups (broad SMARTS) is 1. The molecule has 1 aromatic rings. The minimum atomic E-state index is -1.80. The summed E-state index contributed by atoms with van der Waals surface area (Å²) in [6.07, 6.45) is 5.38. The molecular weight excluding hydrogens is 334 g/mol. The van der Waals surface area contributed by atoms with Crippen LogP contribution >= 0.6 is 0 Å². The van der Waals surface area contributed by atoms with Gasteiger partial charge in [-0.05, 0) is 12.1 Å². The number of nitro groups is 2. The Kier molecular flexibility index (Phi) is 5.13. The topological polar surface area (TPSA) is 156 Å². The zero-order valence-electron chi connectivity index (χ0n) is 12.9. The van der Waals surface area contributed by atoms with Gasteiger partial charge in [-0.2, -0.15) is 0 Å². The van der Waals surface area contributed by atoms with Gasteiger partial charge in [0, 0.05) is 23.0 Å². The van der Waals surface area contributed by atoms with Gasteiger partial charge in [0.1, 0.15) is 11.8 Å². The number of benzene rings is 1. The Morgan fingerprint density at radius 3 is 2.56 bits per heavy atom. The molecule has 0 spiro atoms. The van der Waals surface area contributed by atoms with E-state index >= 15 is 0 Å². The van der Waals surface area contributed by atoms with Crippen molar-refractivity contribution in [3.63, 3.8) is 0 Å². The van der Waals surface area contributed by atoms with E-state index in [2.05, 4.69) is 5.32 Å². The van der Waals surface area contributed by atoms with Crippen molar-refractivity contribution in [3.8, 4) is 5.75 Å². The fraction of sp³-hybridized carbons (Fsp3) is 0.267. The highest BCUT2D eigenvalue weighted by atomic mass is 16.6. The lowest BCUT2D eigenvalue weighted by molar-refractivity contribution is -0.563. The van der Waals surface area contributed by atoms with Crippen molar-refractivity contribution in [2.24, 2.45) is 0 Å². The van der Waals surface area contributed by atoms with Gasteiger partial charge in [0.15, 0.2) is 0 Å². The van der Waals surface area contributed by atoms with Gasteiger partial charge in [-0.3, -0.25) is 25.0 Å². The van der Waals surface area contributed by atoms with Crippen molar-refractivity contribution in [1.82, 2.24) is 5.32 Å². The van der Waals surface area contributed by atoms with E-state index < -0.39 is 33.2 Å². The van der Waals surface area contributed by atoms with Crippen LogP contribution < -0.4 is 5.32 Å². The van der Waals surface area contributed by atoms with Crippen molar-refractivity contribution in [3.05, 3.63) is 68.3 Å². The molecule has 2 atom stereocenters. The Morgan fingerprint density at radius 2 is 2.04 bits per heavy atom. The number of hydrogen-bond donors (Lipinski definition) is 3. The van der Waals surface area contributed by atoms with Crippen LogP contribution in [0.15, 0.2) is 42.5 Å². The van der Waals surface area contributed by atoms with Crippen LogP contribution in [0.4, 0.5) is 5.69 Å². The van der Waals surface area contributed by atoms with E-state index in [1.165, 1.54) is 30.4 Å². The lowest BCUT2D eigenvalue weighted by atomic mass is 9.97. The summed E-state index contributed by atoms with van der Waals surface area (Å²) in [6.45, 7) is 0. The number of nitrogens with one attached hydrogen (secondary N) is 1. The molecule has 1 aliphatic carbocycles. The summed E-state index contributed by atoms with van der Waals surface area (Å²) in [5.41, 5.74) is -2.22. The number of phenols is 1. The van der Waals surface area contributed by atoms with Crippen LogP contribution in [-0.2, 0) is 11.2 Å². The van der Waals surface area contributed by atoms with E-state index in [1.54, 1.807) is 6.08 Å². The van der Waals surface area contributed by atoms with Gasteiger partial charge in [-0.1, -0.05) is 18.2 Å². The van der Waals surface area contributed by atoms with Crippen LogP contribution in [0.5, 0.6) is 5.75 Å². The van der Waals surface area contributed by atoms with Crippen LogP contribution in [-0.4, -0.2) is 37.7 Å². The molecule has 3 N–H and O–H groups in total. The minimum Gasteiger partial charge on any atom is -0.508 e. The predicted molar refractivity (Wildman–Crippen MR) is 85.6 cm³/mol. The van der Waals surface area contributed by atoms with Crippen LogP contribution in [0.2, 0.25) is 0 Å². The molecular formula is C15H15N3O7. The number of phenolic OH excluding ortho intramolecular Hbond substituents is 1. The first kappa shape index (κ1) is 18.1. The number of aliphatic carboxylic acids is 1. The number of aromatic hydroxyl groups is 1. The molecule has 0 aliphatic heterocycles. The number of carbonyl (C=O) groups is 1. The molecule has 1 aliphatic rings. The van der Waals surface area contributed by atoms with Crippen LogP contribution in [0.1, 0.15) is 12.0 Å². The quantitative estimate of drug-likeness (QED) is 0.378. The van der Waals surface area contributed by atoms with E-state index in [0.717, 1.165) is 6.07 Å². The summed E-state index contributed by atoms with van der Waals surface area (Å²) in [5.74, 6) is -1.72. The van der Waals surface area contributed by atoms with Gasteiger partial charge in [-0.25, -0.2) is 5.32 Å². The lowest BCUT2D eigenvalue weighted by Crippen LogP contribution is -2.57. The van der Waals surface area contributed by atoms with Crippen molar-refractivity contribution < 1.29 is 24.9 Å². The summed E-state index contributed by atoms with van der Waals surface area (Å²) >= 11 is 0. The SMILES string of the molecule is O=C(O)[C@H](Cc1ccc(O)cc1[N+](=O)[O-])NC1([N+](=O)[O-])C=CC=CC1. The number of hydrogen-bond acceptors (Lipinski definition) is 7. The molecule has 132 valence electrons. The molecule has 1 unspecified atom stereocenters. The van der Waals surface area contributed by atoms with Crippen molar-refractivity contribution in [1.29, 1.82) is 0 Å². The summed E-state index contributed by atoms with van der Waals surface area (Å²) in [6, 6.07) is 1.87. The zero-order valence-corrected chi connectivity index (χ0v) is 12.9. The van der Waals surface area contributed by atoms with Gasteiger partial charge in [0.2, 0.25) is 0 Å². The molecule has 10 heteroatoms. The smallest absolute Gasteiger partial charge is 0.321 e. The average Bonchev–Trinajstić information content (AvgIpc) is 2.56. The molecule has 0 bridgehead atoms. The van der Waals surface area contributed by atoms with E-state index in [1.807, 2.05) is 0 Å². The van der Waals surface area contributed by atoms with E-state index in [0.29, 0.717) is 0 Å². The average molecular weight is 349 g/mol. The molecule has 10 nitrogen and oxygen atoms in total. The fourth-order valence-corrected chi connectivity index (χ4v) is 2.52. The molecule has 0 heterocycles. The van der Waals surface area contributed by atoms with Crippen LogP contribution in [0.25, 0.3) is 0 Å². The third-order valence-electron chi connectivity index (χ3n) is 3.79.